The monoisotopic (exact) mass is 415 g/mol. The molecule has 1 heterocycles. The highest BCUT2D eigenvalue weighted by molar-refractivity contribution is 9.10. The highest BCUT2D eigenvalue weighted by atomic mass is 79.9. The van der Waals surface area contributed by atoms with Gasteiger partial charge in [-0.15, -0.1) is 5.10 Å². The molecule has 0 radical (unpaired) electrons. The zero-order chi connectivity index (χ0) is 18.0. The van der Waals surface area contributed by atoms with Gasteiger partial charge in [-0.05, 0) is 44.0 Å². The summed E-state index contributed by atoms with van der Waals surface area (Å²) in [5.74, 6) is 0.765. The second kappa shape index (κ2) is 7.54. The molecular weight excluding hydrogens is 398 g/mol. The van der Waals surface area contributed by atoms with Crippen LogP contribution in [0.4, 0.5) is 0 Å². The molecule has 3 aromatic rings. The minimum absolute atomic E-state index is 0.0836. The van der Waals surface area contributed by atoms with E-state index < -0.39 is 0 Å². The number of thioether (sulfide) groups is 1. The Morgan fingerprint density at radius 3 is 2.64 bits per heavy atom. The van der Waals surface area contributed by atoms with Gasteiger partial charge in [0.25, 0.3) is 0 Å². The molecule has 0 aliphatic heterocycles. The van der Waals surface area contributed by atoms with E-state index in [0.29, 0.717) is 11.0 Å². The van der Waals surface area contributed by atoms with Crippen LogP contribution >= 0.6 is 27.7 Å². The van der Waals surface area contributed by atoms with Crippen molar-refractivity contribution in [3.8, 4) is 11.4 Å². The topological polar surface area (TPSA) is 58.6 Å². The number of aromatic nitrogens is 3. The number of H-pyrrole nitrogens is 1. The minimum atomic E-state index is -0.259. The lowest BCUT2D eigenvalue weighted by atomic mass is 10.0. The van der Waals surface area contributed by atoms with Crippen molar-refractivity contribution < 1.29 is 4.79 Å². The zero-order valence-corrected chi connectivity index (χ0v) is 16.6. The Morgan fingerprint density at radius 1 is 1.16 bits per heavy atom. The molecule has 6 heteroatoms. The number of nitrogens with zero attached hydrogens (tertiary/aromatic N) is 2. The van der Waals surface area contributed by atoms with Crippen molar-refractivity contribution in [3.63, 3.8) is 0 Å². The number of carbonyl (C=O) groups excluding carboxylic acids is 1. The quantitative estimate of drug-likeness (QED) is 0.458. The van der Waals surface area contributed by atoms with Gasteiger partial charge < -0.3 is 0 Å². The van der Waals surface area contributed by atoms with E-state index >= 15 is 0 Å². The summed E-state index contributed by atoms with van der Waals surface area (Å²) in [5, 5.41) is 7.48. The van der Waals surface area contributed by atoms with E-state index in [4.69, 9.17) is 0 Å². The fourth-order valence-electron chi connectivity index (χ4n) is 2.41. The first-order valence-electron chi connectivity index (χ1n) is 7.91. The molecule has 0 amide bonds. The van der Waals surface area contributed by atoms with Crippen LogP contribution in [0.2, 0.25) is 0 Å². The van der Waals surface area contributed by atoms with Crippen molar-refractivity contribution in [2.24, 2.45) is 0 Å². The second-order valence-corrected chi connectivity index (χ2v) is 8.03. The Labute approximate surface area is 159 Å². The lowest BCUT2D eigenvalue weighted by Gasteiger charge is -2.09. The molecule has 1 atom stereocenters. The first-order valence-corrected chi connectivity index (χ1v) is 9.58. The number of ketones is 1. The van der Waals surface area contributed by atoms with Crippen LogP contribution in [0.15, 0.2) is 52.1 Å². The third-order valence-electron chi connectivity index (χ3n) is 4.04. The molecule has 1 unspecified atom stereocenters. The van der Waals surface area contributed by atoms with Gasteiger partial charge in [-0.3, -0.25) is 9.89 Å². The van der Waals surface area contributed by atoms with Crippen LogP contribution in [0.5, 0.6) is 0 Å². The molecule has 0 aliphatic rings. The van der Waals surface area contributed by atoms with Gasteiger partial charge in [0.15, 0.2) is 11.6 Å². The molecular formula is C19H18BrN3OS. The summed E-state index contributed by atoms with van der Waals surface area (Å²) in [6.07, 6.45) is 0. The average Bonchev–Trinajstić information content (AvgIpc) is 3.05. The van der Waals surface area contributed by atoms with E-state index in [-0.39, 0.29) is 11.0 Å². The third-order valence-corrected chi connectivity index (χ3v) is 5.69. The standard InChI is InChI=1S/C19H18BrN3OS/c1-11-8-9-14(10-12(11)2)17(24)13(3)25-19-21-18(22-23-19)15-6-4-5-7-16(15)20/h4-10,13H,1-3H3,(H,21,22,23). The van der Waals surface area contributed by atoms with Gasteiger partial charge in [0.1, 0.15) is 0 Å². The van der Waals surface area contributed by atoms with Gasteiger partial charge in [0, 0.05) is 15.6 Å². The van der Waals surface area contributed by atoms with Crippen LogP contribution in [0.25, 0.3) is 11.4 Å². The van der Waals surface area contributed by atoms with Crippen LogP contribution in [0.1, 0.15) is 28.4 Å². The minimum Gasteiger partial charge on any atom is -0.293 e. The molecule has 0 spiro atoms. The Bertz CT molecular complexity index is 923. The van der Waals surface area contributed by atoms with Gasteiger partial charge >= 0.3 is 0 Å². The van der Waals surface area contributed by atoms with Crippen molar-refractivity contribution in [1.29, 1.82) is 0 Å². The van der Waals surface area contributed by atoms with Gasteiger partial charge in [-0.25, -0.2) is 4.98 Å². The van der Waals surface area contributed by atoms with Gasteiger partial charge in [-0.2, -0.15) is 0 Å². The Balaban J connectivity index is 1.75. The fourth-order valence-corrected chi connectivity index (χ4v) is 3.69. The molecule has 0 saturated carbocycles. The van der Waals surface area contributed by atoms with E-state index in [1.807, 2.05) is 63.2 Å². The van der Waals surface area contributed by atoms with Gasteiger partial charge in [0.2, 0.25) is 5.16 Å². The maximum atomic E-state index is 12.6. The molecule has 0 bridgehead atoms. The van der Waals surface area contributed by atoms with E-state index in [9.17, 15) is 4.79 Å². The van der Waals surface area contributed by atoms with Crippen molar-refractivity contribution >= 4 is 33.5 Å². The molecule has 25 heavy (non-hydrogen) atoms. The van der Waals surface area contributed by atoms with Crippen LogP contribution in [0, 0.1) is 13.8 Å². The van der Waals surface area contributed by atoms with Crippen molar-refractivity contribution in [2.45, 2.75) is 31.2 Å². The van der Waals surface area contributed by atoms with Crippen molar-refractivity contribution in [2.75, 3.05) is 0 Å². The number of hydrogen-bond donors (Lipinski definition) is 1. The molecule has 0 fully saturated rings. The number of aryl methyl sites for hydroxylation is 2. The molecule has 128 valence electrons. The Morgan fingerprint density at radius 2 is 1.92 bits per heavy atom. The highest BCUT2D eigenvalue weighted by Gasteiger charge is 2.19. The third kappa shape index (κ3) is 4.02. The average molecular weight is 416 g/mol. The first-order chi connectivity index (χ1) is 12.0. The second-order valence-electron chi connectivity index (χ2n) is 5.87. The number of Topliss-reactive ketones (excluding diaryl/α,β-unsaturated/α-hetero) is 1. The number of rotatable bonds is 5. The summed E-state index contributed by atoms with van der Waals surface area (Å²) in [6.45, 7) is 5.94. The van der Waals surface area contributed by atoms with Gasteiger partial charge in [-0.1, -0.05) is 58.0 Å². The lowest BCUT2D eigenvalue weighted by Crippen LogP contribution is -2.14. The summed E-state index contributed by atoms with van der Waals surface area (Å²) in [7, 11) is 0. The Hall–Kier alpha value is -1.92. The van der Waals surface area contributed by atoms with E-state index in [2.05, 4.69) is 31.1 Å². The molecule has 1 N–H and O–H groups in total. The summed E-state index contributed by atoms with van der Waals surface area (Å²) in [6, 6.07) is 13.6. The summed E-state index contributed by atoms with van der Waals surface area (Å²) < 4.78 is 0.946. The molecule has 3 rings (SSSR count). The van der Waals surface area contributed by atoms with Crippen molar-refractivity contribution in [1.82, 2.24) is 15.2 Å². The Kier molecular flexibility index (Phi) is 5.39. The van der Waals surface area contributed by atoms with E-state index in [1.54, 1.807) is 0 Å². The molecule has 1 aromatic heterocycles. The largest absolute Gasteiger partial charge is 0.293 e. The number of carbonyl (C=O) groups is 1. The number of aromatic amines is 1. The lowest BCUT2D eigenvalue weighted by molar-refractivity contribution is 0.0994. The summed E-state index contributed by atoms with van der Waals surface area (Å²) in [4.78, 5) is 17.2. The number of hydrogen-bond acceptors (Lipinski definition) is 4. The molecule has 0 saturated heterocycles. The molecule has 0 aliphatic carbocycles. The van der Waals surface area contributed by atoms with Crippen LogP contribution < -0.4 is 0 Å². The SMILES string of the molecule is Cc1ccc(C(=O)C(C)Sc2n[nH]c(-c3ccccc3Br)n2)cc1C. The number of benzene rings is 2. The van der Waals surface area contributed by atoms with Crippen LogP contribution in [-0.4, -0.2) is 26.2 Å². The maximum Gasteiger partial charge on any atom is 0.209 e. The number of nitrogens with one attached hydrogen (secondary N) is 1. The first kappa shape index (κ1) is 17.9. The van der Waals surface area contributed by atoms with Gasteiger partial charge in [0.05, 0.1) is 5.25 Å². The van der Waals surface area contributed by atoms with Crippen LogP contribution in [-0.2, 0) is 0 Å². The normalized spacial score (nSPS) is 12.2. The molecule has 2 aromatic carbocycles. The molecule has 4 nitrogen and oxygen atoms in total. The fraction of sp³-hybridized carbons (Fsp3) is 0.211. The van der Waals surface area contributed by atoms with Crippen molar-refractivity contribution in [3.05, 3.63) is 63.6 Å². The van der Waals surface area contributed by atoms with E-state index in [0.717, 1.165) is 21.2 Å². The van der Waals surface area contributed by atoms with Crippen LogP contribution in [0.3, 0.4) is 0 Å². The summed E-state index contributed by atoms with van der Waals surface area (Å²) in [5.41, 5.74) is 3.97. The maximum absolute atomic E-state index is 12.6. The zero-order valence-electron chi connectivity index (χ0n) is 14.2. The predicted molar refractivity (Wildman–Crippen MR) is 105 cm³/mol. The number of halogens is 1. The smallest absolute Gasteiger partial charge is 0.209 e. The summed E-state index contributed by atoms with van der Waals surface area (Å²) >= 11 is 4.87. The highest BCUT2D eigenvalue weighted by Crippen LogP contribution is 2.28. The van der Waals surface area contributed by atoms with E-state index in [1.165, 1.54) is 17.3 Å². The predicted octanol–water partition coefficient (Wildman–Crippen LogP) is 5.21.